The molecule has 5 nitrogen and oxygen atoms in total. The van der Waals surface area contributed by atoms with E-state index in [4.69, 9.17) is 55.9 Å². The highest BCUT2D eigenvalue weighted by atomic mass is 35.5. The van der Waals surface area contributed by atoms with Crippen molar-refractivity contribution in [2.24, 2.45) is 11.8 Å². The zero-order chi connectivity index (χ0) is 20.6. The number of ether oxygens (including phenoxy) is 2. The number of hydrogen-bond acceptors (Lipinski definition) is 4. The second-order valence-corrected chi connectivity index (χ2v) is 9.01. The first-order chi connectivity index (χ1) is 13.2. The third kappa shape index (κ3) is 1.94. The lowest BCUT2D eigenvalue weighted by Gasteiger charge is -2.42. The van der Waals surface area contributed by atoms with Crippen LogP contribution in [0.15, 0.2) is 34.3 Å². The van der Waals surface area contributed by atoms with E-state index in [1.807, 2.05) is 19.1 Å². The number of aryl methyl sites for hydroxylation is 1. The third-order valence-electron chi connectivity index (χ3n) is 6.13. The monoisotopic (exact) mass is 463 g/mol. The fraction of sp³-hybridized carbons (Fsp3) is 0.474. The molecule has 4 atom stereocenters. The number of amides is 2. The van der Waals surface area contributed by atoms with Crippen LogP contribution in [0.25, 0.3) is 0 Å². The molecule has 0 radical (unpaired) electrons. The van der Waals surface area contributed by atoms with E-state index in [1.165, 1.54) is 14.2 Å². The first-order valence-electron chi connectivity index (χ1n) is 8.68. The molecule has 28 heavy (non-hydrogen) atoms. The number of fused-ring (bicyclic) bond motifs is 5. The van der Waals surface area contributed by atoms with Gasteiger partial charge >= 0.3 is 0 Å². The van der Waals surface area contributed by atoms with Gasteiger partial charge in [0.1, 0.15) is 9.75 Å². The molecule has 1 saturated heterocycles. The third-order valence-corrected chi connectivity index (χ3v) is 8.74. The highest BCUT2D eigenvalue weighted by Crippen LogP contribution is 2.75. The first kappa shape index (κ1) is 20.5. The maximum absolute atomic E-state index is 13.4. The summed E-state index contributed by atoms with van der Waals surface area (Å²) < 4.78 is 11.1. The normalized spacial score (nSPS) is 35.9. The molecule has 1 aliphatic heterocycles. The molecule has 0 spiro atoms. The van der Waals surface area contributed by atoms with Gasteiger partial charge in [-0.25, -0.2) is 4.90 Å². The standard InChI is InChI=1S/C19H17Cl4NO4/c1-4-9-5-7-10(8-6-9)24-15(25)11-12(16(24)26)18(23)14(21)13(20)17(11,22)19(18,27-2)28-3/h5-8,11-12H,4H2,1-3H3/t11-,12-,17-,18-/m1/s1. The van der Waals surface area contributed by atoms with Crippen LogP contribution < -0.4 is 4.90 Å². The average molecular weight is 465 g/mol. The minimum Gasteiger partial charge on any atom is -0.350 e. The van der Waals surface area contributed by atoms with E-state index < -0.39 is 39.2 Å². The highest BCUT2D eigenvalue weighted by molar-refractivity contribution is 6.54. The topological polar surface area (TPSA) is 55.8 Å². The summed E-state index contributed by atoms with van der Waals surface area (Å²) in [5, 5.41) is -0.0831. The van der Waals surface area contributed by atoms with E-state index >= 15 is 0 Å². The number of hydrogen-bond donors (Lipinski definition) is 0. The molecule has 1 heterocycles. The van der Waals surface area contributed by atoms with Crippen LogP contribution >= 0.6 is 46.4 Å². The lowest BCUT2D eigenvalue weighted by atomic mass is 9.84. The molecular weight excluding hydrogens is 448 g/mol. The number of imide groups is 1. The lowest BCUT2D eigenvalue weighted by molar-refractivity contribution is -0.221. The summed E-state index contributed by atoms with van der Waals surface area (Å²) in [5.41, 5.74) is 1.52. The van der Waals surface area contributed by atoms with Crippen molar-refractivity contribution in [1.82, 2.24) is 0 Å². The van der Waals surface area contributed by atoms with Crippen molar-refractivity contribution >= 4 is 63.9 Å². The Labute approximate surface area is 182 Å². The molecular formula is C19H17Cl4NO4. The number of alkyl halides is 2. The highest BCUT2D eigenvalue weighted by Gasteiger charge is 2.89. The van der Waals surface area contributed by atoms with E-state index in [-0.39, 0.29) is 10.1 Å². The lowest BCUT2D eigenvalue weighted by Crippen LogP contribution is -2.60. The summed E-state index contributed by atoms with van der Waals surface area (Å²) in [6, 6.07) is 7.16. The first-order valence-corrected chi connectivity index (χ1v) is 10.2. The molecule has 2 aliphatic carbocycles. The molecule has 2 bridgehead atoms. The van der Waals surface area contributed by atoms with Crippen molar-refractivity contribution in [3.63, 3.8) is 0 Å². The summed E-state index contributed by atoms with van der Waals surface area (Å²) in [7, 11) is 2.66. The number of anilines is 1. The SMILES string of the molecule is CCc1ccc(N2C(=O)[C@H]3[C@H](C2=O)[C@@]2(Cl)C(Cl)=C(Cl)[C@@]3(Cl)C2(OC)OC)cc1. The van der Waals surface area contributed by atoms with E-state index in [0.717, 1.165) is 16.9 Å². The van der Waals surface area contributed by atoms with Gasteiger partial charge in [-0.2, -0.15) is 0 Å². The second-order valence-electron chi connectivity index (χ2n) is 7.06. The van der Waals surface area contributed by atoms with Crippen LogP contribution in [0.2, 0.25) is 0 Å². The summed E-state index contributed by atoms with van der Waals surface area (Å²) >= 11 is 26.7. The quantitative estimate of drug-likeness (QED) is 0.383. The summed E-state index contributed by atoms with van der Waals surface area (Å²) in [6.45, 7) is 2.02. The number of nitrogens with zero attached hydrogens (tertiary/aromatic N) is 1. The molecule has 0 N–H and O–H groups in total. The molecule has 1 aromatic rings. The van der Waals surface area contributed by atoms with E-state index in [2.05, 4.69) is 0 Å². The van der Waals surface area contributed by atoms with Crippen LogP contribution in [-0.4, -0.2) is 41.6 Å². The van der Waals surface area contributed by atoms with Crippen molar-refractivity contribution in [2.45, 2.75) is 28.9 Å². The smallest absolute Gasteiger partial charge is 0.240 e. The van der Waals surface area contributed by atoms with Gasteiger partial charge in [-0.3, -0.25) is 9.59 Å². The Morgan fingerprint density at radius 1 is 0.929 bits per heavy atom. The Balaban J connectivity index is 1.88. The van der Waals surface area contributed by atoms with Crippen LogP contribution in [0.4, 0.5) is 5.69 Å². The molecule has 2 fully saturated rings. The minimum atomic E-state index is -1.77. The van der Waals surface area contributed by atoms with Crippen LogP contribution in [-0.2, 0) is 25.5 Å². The Morgan fingerprint density at radius 2 is 1.36 bits per heavy atom. The second kappa shape index (κ2) is 6.34. The van der Waals surface area contributed by atoms with Crippen molar-refractivity contribution in [3.05, 3.63) is 39.9 Å². The Hall–Kier alpha value is -0.820. The fourth-order valence-corrected chi connectivity index (χ4v) is 7.00. The Bertz CT molecular complexity index is 867. The molecule has 0 aromatic heterocycles. The number of benzene rings is 1. The van der Waals surface area contributed by atoms with Crippen molar-refractivity contribution in [3.8, 4) is 0 Å². The van der Waals surface area contributed by atoms with E-state index in [0.29, 0.717) is 5.69 Å². The predicted molar refractivity (Wildman–Crippen MR) is 108 cm³/mol. The van der Waals surface area contributed by atoms with Gasteiger partial charge in [0.15, 0.2) is 0 Å². The van der Waals surface area contributed by atoms with Gasteiger partial charge in [0.2, 0.25) is 17.6 Å². The van der Waals surface area contributed by atoms with E-state index in [9.17, 15) is 9.59 Å². The van der Waals surface area contributed by atoms with Crippen LogP contribution in [0.3, 0.4) is 0 Å². The zero-order valence-corrected chi connectivity index (χ0v) is 18.3. The van der Waals surface area contributed by atoms with Gasteiger partial charge in [-0.1, -0.05) is 42.3 Å². The van der Waals surface area contributed by atoms with Gasteiger partial charge in [0.05, 0.1) is 27.6 Å². The summed E-state index contributed by atoms with van der Waals surface area (Å²) in [4.78, 5) is 24.4. The molecule has 4 rings (SSSR count). The Morgan fingerprint density at radius 3 is 1.71 bits per heavy atom. The molecule has 150 valence electrons. The van der Waals surface area contributed by atoms with Gasteiger partial charge in [-0.15, -0.1) is 23.2 Å². The van der Waals surface area contributed by atoms with Crippen LogP contribution in [0.5, 0.6) is 0 Å². The maximum atomic E-state index is 13.4. The van der Waals surface area contributed by atoms with Crippen molar-refractivity contribution in [1.29, 1.82) is 0 Å². The molecule has 0 unspecified atom stereocenters. The number of rotatable bonds is 4. The van der Waals surface area contributed by atoms with Gasteiger partial charge in [0, 0.05) is 14.2 Å². The number of carbonyl (C=O) groups excluding carboxylic acids is 2. The average Bonchev–Trinajstić information content (AvgIpc) is 3.12. The molecule has 2 amide bonds. The zero-order valence-electron chi connectivity index (χ0n) is 15.3. The predicted octanol–water partition coefficient (Wildman–Crippen LogP) is 4.02. The molecule has 9 heteroatoms. The number of carbonyl (C=O) groups is 2. The summed E-state index contributed by atoms with van der Waals surface area (Å²) in [5.74, 6) is -4.97. The van der Waals surface area contributed by atoms with Gasteiger partial charge < -0.3 is 9.47 Å². The fourth-order valence-electron chi connectivity index (χ4n) is 4.84. The largest absolute Gasteiger partial charge is 0.350 e. The van der Waals surface area contributed by atoms with Gasteiger partial charge in [0.25, 0.3) is 0 Å². The Kier molecular flexibility index (Phi) is 4.63. The maximum Gasteiger partial charge on any atom is 0.240 e. The molecule has 3 aliphatic rings. The minimum absolute atomic E-state index is 0.0416. The van der Waals surface area contributed by atoms with Crippen molar-refractivity contribution in [2.75, 3.05) is 19.1 Å². The number of methoxy groups -OCH3 is 2. The summed E-state index contributed by atoms with van der Waals surface area (Å²) in [6.07, 6.45) is 0.836. The molecule has 1 saturated carbocycles. The van der Waals surface area contributed by atoms with Crippen LogP contribution in [0.1, 0.15) is 12.5 Å². The van der Waals surface area contributed by atoms with Crippen molar-refractivity contribution < 1.29 is 19.1 Å². The van der Waals surface area contributed by atoms with Gasteiger partial charge in [-0.05, 0) is 24.1 Å². The molecule has 1 aromatic carbocycles. The van der Waals surface area contributed by atoms with E-state index in [1.54, 1.807) is 12.1 Å². The van der Waals surface area contributed by atoms with Crippen LogP contribution in [0, 0.1) is 11.8 Å². The number of halogens is 4.